The molecular formula is C52H33N3S. The Bertz CT molecular complexity index is 3180. The zero-order chi connectivity index (χ0) is 37.0. The summed E-state index contributed by atoms with van der Waals surface area (Å²) in [5.41, 5.74) is 13.1. The molecular weight excluding hydrogens is 699 g/mol. The van der Waals surface area contributed by atoms with E-state index in [1.807, 2.05) is 17.4 Å². The summed E-state index contributed by atoms with van der Waals surface area (Å²) in [6.45, 7) is 0. The lowest BCUT2D eigenvalue weighted by atomic mass is 9.99. The van der Waals surface area contributed by atoms with Crippen molar-refractivity contribution in [2.24, 2.45) is 0 Å². The van der Waals surface area contributed by atoms with Crippen molar-refractivity contribution >= 4 is 53.3 Å². The third-order valence-electron chi connectivity index (χ3n) is 10.8. The maximum Gasteiger partial charge on any atom is 0.160 e. The highest BCUT2D eigenvalue weighted by atomic mass is 32.1. The van der Waals surface area contributed by atoms with E-state index in [-0.39, 0.29) is 0 Å². The van der Waals surface area contributed by atoms with Crippen LogP contribution in [-0.2, 0) is 0 Å². The first-order valence-electron chi connectivity index (χ1n) is 18.9. The molecule has 0 saturated carbocycles. The summed E-state index contributed by atoms with van der Waals surface area (Å²) in [5.74, 6) is 0.698. The maximum absolute atomic E-state index is 5.21. The molecule has 0 amide bonds. The van der Waals surface area contributed by atoms with E-state index in [1.165, 1.54) is 53.1 Å². The molecule has 0 N–H and O–H groups in total. The van der Waals surface area contributed by atoms with Crippen LogP contribution in [0.3, 0.4) is 0 Å². The van der Waals surface area contributed by atoms with Gasteiger partial charge in [0.2, 0.25) is 0 Å². The molecule has 0 aliphatic carbocycles. The number of benzene rings is 8. The van der Waals surface area contributed by atoms with Crippen LogP contribution >= 0.6 is 11.3 Å². The third-order valence-corrected chi connectivity index (χ3v) is 12.0. The fourth-order valence-electron chi connectivity index (χ4n) is 8.12. The molecule has 0 radical (unpaired) electrons. The van der Waals surface area contributed by atoms with Crippen LogP contribution < -0.4 is 0 Å². The van der Waals surface area contributed by atoms with Crippen molar-refractivity contribution in [1.82, 2.24) is 14.5 Å². The van der Waals surface area contributed by atoms with Crippen LogP contribution in [0.15, 0.2) is 200 Å². The van der Waals surface area contributed by atoms with Gasteiger partial charge in [-0.2, -0.15) is 0 Å². The van der Waals surface area contributed by atoms with Gasteiger partial charge in [0.15, 0.2) is 5.82 Å². The summed E-state index contributed by atoms with van der Waals surface area (Å²) < 4.78 is 4.99. The van der Waals surface area contributed by atoms with Crippen molar-refractivity contribution < 1.29 is 0 Å². The normalized spacial score (nSPS) is 11.6. The van der Waals surface area contributed by atoms with Gasteiger partial charge in [0.25, 0.3) is 0 Å². The Morgan fingerprint density at radius 3 is 1.62 bits per heavy atom. The second-order valence-electron chi connectivity index (χ2n) is 14.2. The molecule has 262 valence electrons. The van der Waals surface area contributed by atoms with Crippen LogP contribution in [0.1, 0.15) is 0 Å². The molecule has 0 spiro atoms. The highest BCUT2D eigenvalue weighted by molar-refractivity contribution is 7.26. The van der Waals surface area contributed by atoms with Gasteiger partial charge in [-0.05, 0) is 59.2 Å². The number of rotatable bonds is 6. The maximum atomic E-state index is 5.21. The van der Waals surface area contributed by atoms with E-state index in [4.69, 9.17) is 9.97 Å². The van der Waals surface area contributed by atoms with Crippen LogP contribution in [-0.4, -0.2) is 14.5 Å². The monoisotopic (exact) mass is 731 g/mol. The molecule has 0 atom stereocenters. The Kier molecular flexibility index (Phi) is 7.68. The zero-order valence-electron chi connectivity index (χ0n) is 30.3. The molecule has 0 aliphatic heterocycles. The molecule has 8 aromatic carbocycles. The fourth-order valence-corrected chi connectivity index (χ4v) is 9.34. The van der Waals surface area contributed by atoms with E-state index >= 15 is 0 Å². The average Bonchev–Trinajstić information content (AvgIpc) is 3.83. The highest BCUT2D eigenvalue weighted by Crippen LogP contribution is 2.43. The van der Waals surface area contributed by atoms with Gasteiger partial charge in [0.1, 0.15) is 0 Å². The lowest BCUT2D eigenvalue weighted by molar-refractivity contribution is 1.18. The summed E-state index contributed by atoms with van der Waals surface area (Å²) in [4.78, 5) is 10.4. The lowest BCUT2D eigenvalue weighted by Crippen LogP contribution is -1.96. The Labute approximate surface area is 328 Å². The van der Waals surface area contributed by atoms with Crippen LogP contribution in [0.2, 0.25) is 0 Å². The Morgan fingerprint density at radius 2 is 0.911 bits per heavy atom. The summed E-state index contributed by atoms with van der Waals surface area (Å²) in [6, 6.07) is 71.4. The smallest absolute Gasteiger partial charge is 0.160 e. The molecule has 0 unspecified atom stereocenters. The minimum atomic E-state index is 0.698. The molecule has 3 aromatic heterocycles. The van der Waals surface area contributed by atoms with Gasteiger partial charge < -0.3 is 4.57 Å². The summed E-state index contributed by atoms with van der Waals surface area (Å²) in [5, 5.41) is 5.06. The first-order chi connectivity index (χ1) is 27.7. The third kappa shape index (κ3) is 5.50. The molecule has 3 nitrogen and oxygen atoms in total. The summed E-state index contributed by atoms with van der Waals surface area (Å²) in [6.07, 6.45) is 0. The topological polar surface area (TPSA) is 30.7 Å². The quantitative estimate of drug-likeness (QED) is 0.170. The van der Waals surface area contributed by atoms with Gasteiger partial charge >= 0.3 is 0 Å². The largest absolute Gasteiger partial charge is 0.309 e. The van der Waals surface area contributed by atoms with Gasteiger partial charge in [0.05, 0.1) is 22.4 Å². The average molecular weight is 732 g/mol. The number of fused-ring (bicyclic) bond motifs is 6. The molecule has 56 heavy (non-hydrogen) atoms. The molecule has 0 saturated heterocycles. The zero-order valence-corrected chi connectivity index (χ0v) is 31.1. The van der Waals surface area contributed by atoms with Crippen molar-refractivity contribution in [2.75, 3.05) is 0 Å². The van der Waals surface area contributed by atoms with E-state index in [0.717, 1.165) is 44.9 Å². The SMILES string of the molecule is c1ccc(-c2cccc(-c3cc(-c4ccccc4)nc(-c4ccc(-c5cc(-n6c7ccccc7c7ccccc76)cc6c5sc5ccccc56)cc4)n3)c2)cc1. The number of hydrogen-bond donors (Lipinski definition) is 0. The van der Waals surface area contributed by atoms with Gasteiger partial charge in [-0.1, -0.05) is 158 Å². The van der Waals surface area contributed by atoms with Crippen molar-refractivity contribution in [1.29, 1.82) is 0 Å². The van der Waals surface area contributed by atoms with Crippen molar-refractivity contribution in [3.63, 3.8) is 0 Å². The Balaban J connectivity index is 1.07. The van der Waals surface area contributed by atoms with E-state index in [0.29, 0.717) is 5.82 Å². The van der Waals surface area contributed by atoms with Crippen LogP contribution in [0, 0.1) is 0 Å². The van der Waals surface area contributed by atoms with Gasteiger partial charge in [-0.25, -0.2) is 9.97 Å². The van der Waals surface area contributed by atoms with E-state index < -0.39 is 0 Å². The summed E-state index contributed by atoms with van der Waals surface area (Å²) >= 11 is 1.86. The number of aromatic nitrogens is 3. The van der Waals surface area contributed by atoms with E-state index in [1.54, 1.807) is 0 Å². The van der Waals surface area contributed by atoms with Crippen molar-refractivity contribution in [3.05, 3.63) is 200 Å². The standard InChI is InChI=1S/C52H33N3S/c1-3-14-34(15-4-1)38-18-13-19-39(30-38)47-33-46(36-16-5-2-6-17-36)53-52(54-47)37-28-26-35(27-29-37)44-31-40(32-45-43-22-9-12-25-50(43)56-51(44)45)55-48-23-10-7-20-41(48)42-21-8-11-24-49(42)55/h1-33H. The van der Waals surface area contributed by atoms with Crippen LogP contribution in [0.5, 0.6) is 0 Å². The predicted octanol–water partition coefficient (Wildman–Crippen LogP) is 14.3. The van der Waals surface area contributed by atoms with Crippen molar-refractivity contribution in [3.8, 4) is 61.8 Å². The molecule has 11 aromatic rings. The van der Waals surface area contributed by atoms with Crippen molar-refractivity contribution in [2.45, 2.75) is 0 Å². The van der Waals surface area contributed by atoms with Gasteiger partial charge in [-0.3, -0.25) is 0 Å². The lowest BCUT2D eigenvalue weighted by Gasteiger charge is -2.13. The van der Waals surface area contributed by atoms with Crippen LogP contribution in [0.25, 0.3) is 104 Å². The number of hydrogen-bond acceptors (Lipinski definition) is 3. The fraction of sp³-hybridized carbons (Fsp3) is 0. The Morgan fingerprint density at radius 1 is 0.357 bits per heavy atom. The minimum absolute atomic E-state index is 0.698. The van der Waals surface area contributed by atoms with Gasteiger partial charge in [-0.15, -0.1) is 11.3 Å². The molecule has 0 aliphatic rings. The molecule has 0 fully saturated rings. The Hall–Kier alpha value is -7.14. The first-order valence-corrected chi connectivity index (χ1v) is 19.7. The molecule has 11 rings (SSSR count). The first kappa shape index (κ1) is 32.3. The summed E-state index contributed by atoms with van der Waals surface area (Å²) in [7, 11) is 0. The molecule has 4 heteroatoms. The molecule has 3 heterocycles. The number of para-hydroxylation sites is 2. The van der Waals surface area contributed by atoms with E-state index in [2.05, 4.69) is 199 Å². The highest BCUT2D eigenvalue weighted by Gasteiger charge is 2.18. The minimum Gasteiger partial charge on any atom is -0.309 e. The van der Waals surface area contributed by atoms with Crippen LogP contribution in [0.4, 0.5) is 0 Å². The number of thiophene rings is 1. The number of nitrogens with zero attached hydrogens (tertiary/aromatic N) is 3. The second kappa shape index (κ2) is 13.3. The second-order valence-corrected chi connectivity index (χ2v) is 15.2. The molecule has 0 bridgehead atoms. The van der Waals surface area contributed by atoms with Gasteiger partial charge in [0, 0.05) is 58.9 Å². The predicted molar refractivity (Wildman–Crippen MR) is 236 cm³/mol. The van der Waals surface area contributed by atoms with E-state index in [9.17, 15) is 0 Å².